The van der Waals surface area contributed by atoms with Crippen LogP contribution < -0.4 is 5.32 Å². The lowest BCUT2D eigenvalue weighted by molar-refractivity contribution is 0.0521. The molecular formula is C18H24N4O4S. The van der Waals surface area contributed by atoms with Crippen molar-refractivity contribution in [3.8, 4) is 0 Å². The second-order valence-electron chi connectivity index (χ2n) is 6.26. The number of nitrogens with zero attached hydrogens (tertiary/aromatic N) is 2. The Hall–Kier alpha value is -2.23. The number of sulfonamides is 1. The van der Waals surface area contributed by atoms with Crippen molar-refractivity contribution in [3.05, 3.63) is 47.2 Å². The van der Waals surface area contributed by atoms with Gasteiger partial charge in [0.1, 0.15) is 5.56 Å². The molecule has 9 heteroatoms. The summed E-state index contributed by atoms with van der Waals surface area (Å²) in [7, 11) is -3.95. The second-order valence-corrected chi connectivity index (χ2v) is 8.09. The molecule has 8 nitrogen and oxygen atoms in total. The first-order valence-electron chi connectivity index (χ1n) is 9.01. The quantitative estimate of drug-likeness (QED) is 0.722. The number of carbonyl (C=O) groups is 1. The van der Waals surface area contributed by atoms with E-state index >= 15 is 0 Å². The highest BCUT2D eigenvalue weighted by molar-refractivity contribution is 7.89. The van der Waals surface area contributed by atoms with Crippen molar-refractivity contribution in [1.29, 1.82) is 0 Å². The number of rotatable bonds is 6. The number of piperazine rings is 1. The number of hydrogen-bond acceptors (Lipinski definition) is 6. The van der Waals surface area contributed by atoms with Crippen molar-refractivity contribution < 1.29 is 17.9 Å². The molecule has 1 aliphatic heterocycles. The van der Waals surface area contributed by atoms with Crippen LogP contribution in [0.1, 0.15) is 41.4 Å². The van der Waals surface area contributed by atoms with Gasteiger partial charge in [0.05, 0.1) is 18.8 Å². The molecule has 0 bridgehead atoms. The third kappa shape index (κ3) is 3.90. The summed E-state index contributed by atoms with van der Waals surface area (Å²) in [6, 6.07) is 7.56. The topological polar surface area (TPSA) is 104 Å². The zero-order valence-electron chi connectivity index (χ0n) is 15.4. The van der Waals surface area contributed by atoms with Crippen molar-refractivity contribution >= 4 is 16.0 Å². The summed E-state index contributed by atoms with van der Waals surface area (Å²) >= 11 is 0. The molecule has 2 heterocycles. The largest absolute Gasteiger partial charge is 0.462 e. The molecule has 1 aromatic heterocycles. The molecule has 0 amide bonds. The molecule has 1 saturated heterocycles. The first-order valence-corrected chi connectivity index (χ1v) is 10.4. The van der Waals surface area contributed by atoms with Crippen LogP contribution in [0.2, 0.25) is 0 Å². The third-order valence-electron chi connectivity index (χ3n) is 4.63. The monoisotopic (exact) mass is 392 g/mol. The minimum Gasteiger partial charge on any atom is -0.462 e. The SMILES string of the molecule is CCOC(=O)c1cn[nH]c1S(=O)(=O)N1CCNCC1c1ccc(CC)cc1. The lowest BCUT2D eigenvalue weighted by Crippen LogP contribution is -2.48. The van der Waals surface area contributed by atoms with E-state index in [-0.39, 0.29) is 23.2 Å². The maximum Gasteiger partial charge on any atom is 0.342 e. The van der Waals surface area contributed by atoms with Gasteiger partial charge in [-0.15, -0.1) is 0 Å². The van der Waals surface area contributed by atoms with Crippen molar-refractivity contribution in [2.45, 2.75) is 31.3 Å². The summed E-state index contributed by atoms with van der Waals surface area (Å²) in [5.74, 6) is -0.705. The third-order valence-corrected chi connectivity index (χ3v) is 6.52. The number of aromatic amines is 1. The van der Waals surface area contributed by atoms with Gasteiger partial charge < -0.3 is 10.1 Å². The fourth-order valence-electron chi connectivity index (χ4n) is 3.18. The predicted molar refractivity (Wildman–Crippen MR) is 99.9 cm³/mol. The Balaban J connectivity index is 1.96. The van der Waals surface area contributed by atoms with E-state index in [1.807, 2.05) is 24.3 Å². The molecule has 27 heavy (non-hydrogen) atoms. The number of aryl methyl sites for hydroxylation is 1. The molecule has 1 fully saturated rings. The first kappa shape index (κ1) is 19.5. The molecular weight excluding hydrogens is 368 g/mol. The highest BCUT2D eigenvalue weighted by atomic mass is 32.2. The molecule has 3 rings (SSSR count). The van der Waals surface area contributed by atoms with Crippen molar-refractivity contribution in [3.63, 3.8) is 0 Å². The lowest BCUT2D eigenvalue weighted by atomic mass is 10.0. The Labute approximate surface area is 159 Å². The van der Waals surface area contributed by atoms with E-state index in [1.54, 1.807) is 6.92 Å². The number of ether oxygens (including phenoxy) is 1. The number of hydrogen-bond donors (Lipinski definition) is 2. The Morgan fingerprint density at radius 2 is 2.04 bits per heavy atom. The van der Waals surface area contributed by atoms with Crippen LogP contribution in [0.25, 0.3) is 0 Å². The minimum absolute atomic E-state index is 0.0736. The van der Waals surface area contributed by atoms with E-state index in [0.29, 0.717) is 19.6 Å². The molecule has 2 N–H and O–H groups in total. The van der Waals surface area contributed by atoms with Crippen LogP contribution in [-0.2, 0) is 21.2 Å². The molecule has 0 radical (unpaired) electrons. The Kier molecular flexibility index (Phi) is 5.93. The van der Waals surface area contributed by atoms with E-state index in [2.05, 4.69) is 22.4 Å². The van der Waals surface area contributed by atoms with Crippen molar-refractivity contribution in [2.24, 2.45) is 0 Å². The maximum absolute atomic E-state index is 13.3. The van der Waals surface area contributed by atoms with Crippen LogP contribution in [0.15, 0.2) is 35.5 Å². The summed E-state index contributed by atoms with van der Waals surface area (Å²) in [6.07, 6.45) is 2.11. The van der Waals surface area contributed by atoms with Gasteiger partial charge in [-0.05, 0) is 24.5 Å². The molecule has 2 aromatic rings. The molecule has 0 aliphatic carbocycles. The van der Waals surface area contributed by atoms with Gasteiger partial charge in [-0.2, -0.15) is 9.40 Å². The first-order chi connectivity index (χ1) is 13.0. The van der Waals surface area contributed by atoms with E-state index in [4.69, 9.17) is 4.74 Å². The van der Waals surface area contributed by atoms with E-state index in [0.717, 1.165) is 12.0 Å². The molecule has 1 unspecified atom stereocenters. The van der Waals surface area contributed by atoms with Gasteiger partial charge >= 0.3 is 5.97 Å². The number of esters is 1. The summed E-state index contributed by atoms with van der Waals surface area (Å²) < 4.78 is 33.0. The fourth-order valence-corrected chi connectivity index (χ4v) is 4.85. The zero-order chi connectivity index (χ0) is 19.4. The van der Waals surface area contributed by atoms with Crippen molar-refractivity contribution in [1.82, 2.24) is 19.8 Å². The van der Waals surface area contributed by atoms with Crippen LogP contribution in [0, 0.1) is 0 Å². The summed E-state index contributed by atoms with van der Waals surface area (Å²) in [6.45, 7) is 5.22. The lowest BCUT2D eigenvalue weighted by Gasteiger charge is -2.35. The van der Waals surface area contributed by atoms with E-state index < -0.39 is 16.0 Å². The average Bonchev–Trinajstić information content (AvgIpc) is 3.19. The Bertz CT molecular complexity index is 892. The highest BCUT2D eigenvalue weighted by Gasteiger charge is 2.38. The normalized spacial score (nSPS) is 18.4. The average molecular weight is 392 g/mol. The number of benzene rings is 1. The molecule has 146 valence electrons. The van der Waals surface area contributed by atoms with Crippen molar-refractivity contribution in [2.75, 3.05) is 26.2 Å². The van der Waals surface area contributed by atoms with Gasteiger partial charge in [-0.25, -0.2) is 13.2 Å². The van der Waals surface area contributed by atoms with Crippen LogP contribution in [0.5, 0.6) is 0 Å². The minimum atomic E-state index is -3.95. The predicted octanol–water partition coefficient (Wildman–Crippen LogP) is 1.48. The molecule has 1 aromatic carbocycles. The number of H-pyrrole nitrogens is 1. The molecule has 1 atom stereocenters. The number of nitrogens with one attached hydrogen (secondary N) is 2. The van der Waals surface area contributed by atoms with E-state index in [1.165, 1.54) is 16.1 Å². The molecule has 0 saturated carbocycles. The molecule has 1 aliphatic rings. The van der Waals surface area contributed by atoms with Gasteiger partial charge in [0, 0.05) is 19.6 Å². The van der Waals surface area contributed by atoms with Crippen LogP contribution in [0.4, 0.5) is 0 Å². The zero-order valence-corrected chi connectivity index (χ0v) is 16.3. The Morgan fingerprint density at radius 1 is 1.30 bits per heavy atom. The van der Waals surface area contributed by atoms with E-state index in [9.17, 15) is 13.2 Å². The van der Waals surface area contributed by atoms with Gasteiger partial charge in [-0.1, -0.05) is 31.2 Å². The van der Waals surface area contributed by atoms with Crippen LogP contribution in [0.3, 0.4) is 0 Å². The second kappa shape index (κ2) is 8.20. The molecule has 0 spiro atoms. The van der Waals surface area contributed by atoms with Gasteiger partial charge in [0.2, 0.25) is 0 Å². The summed E-state index contributed by atoms with van der Waals surface area (Å²) in [5, 5.41) is 9.25. The summed E-state index contributed by atoms with van der Waals surface area (Å²) in [4.78, 5) is 12.1. The number of aromatic nitrogens is 2. The highest BCUT2D eigenvalue weighted by Crippen LogP contribution is 2.30. The van der Waals surface area contributed by atoms with Crippen LogP contribution in [-0.4, -0.2) is 55.1 Å². The fraction of sp³-hybridized carbons (Fsp3) is 0.444. The van der Waals surface area contributed by atoms with Gasteiger partial charge in [0.25, 0.3) is 10.0 Å². The maximum atomic E-state index is 13.3. The van der Waals surface area contributed by atoms with Gasteiger partial charge in [-0.3, -0.25) is 5.10 Å². The standard InChI is InChI=1S/C18H24N4O4S/c1-3-13-5-7-14(8-6-13)16-12-19-9-10-22(16)27(24,25)17-15(11-20-21-17)18(23)26-4-2/h5-8,11,16,19H,3-4,9-10,12H2,1-2H3,(H,20,21). The summed E-state index contributed by atoms with van der Waals surface area (Å²) in [5.41, 5.74) is 2.02. The van der Waals surface area contributed by atoms with Gasteiger partial charge in [0.15, 0.2) is 5.03 Å². The smallest absolute Gasteiger partial charge is 0.342 e. The van der Waals surface area contributed by atoms with Crippen LogP contribution >= 0.6 is 0 Å². The number of carbonyl (C=O) groups excluding carboxylic acids is 1. The Morgan fingerprint density at radius 3 is 2.70 bits per heavy atom.